The van der Waals surface area contributed by atoms with Crippen molar-refractivity contribution in [2.45, 2.75) is 31.9 Å². The summed E-state index contributed by atoms with van der Waals surface area (Å²) in [5.41, 5.74) is 3.52. The maximum Gasteiger partial charge on any atom is 0.312 e. The highest BCUT2D eigenvalue weighted by Gasteiger charge is 2.49. The van der Waals surface area contributed by atoms with Gasteiger partial charge in [0.15, 0.2) is 0 Å². The summed E-state index contributed by atoms with van der Waals surface area (Å²) >= 11 is 0. The second-order valence-corrected chi connectivity index (χ2v) is 8.02. The van der Waals surface area contributed by atoms with Crippen LogP contribution in [0.2, 0.25) is 0 Å². The van der Waals surface area contributed by atoms with E-state index in [0.717, 1.165) is 45.4 Å². The number of carbonyl (C=O) groups excluding carboxylic acids is 1. The molecule has 0 bridgehead atoms. The van der Waals surface area contributed by atoms with E-state index in [-0.39, 0.29) is 17.5 Å². The first kappa shape index (κ1) is 18.2. The maximum atomic E-state index is 12.4. The van der Waals surface area contributed by atoms with E-state index < -0.39 is 0 Å². The third-order valence-corrected chi connectivity index (χ3v) is 5.91. The number of likely N-dealkylation sites (N-methyl/N-ethyl adjacent to an activating group) is 1. The first-order valence-electron chi connectivity index (χ1n) is 9.89. The zero-order valence-corrected chi connectivity index (χ0v) is 16.0. The molecule has 4 rings (SSSR count). The van der Waals surface area contributed by atoms with E-state index in [9.17, 15) is 4.79 Å². The van der Waals surface area contributed by atoms with Gasteiger partial charge >= 0.3 is 5.97 Å². The number of nitrogens with one attached hydrogen (secondary N) is 1. The molecule has 1 unspecified atom stereocenters. The molecule has 1 atom stereocenters. The molecule has 27 heavy (non-hydrogen) atoms. The second kappa shape index (κ2) is 7.83. The van der Waals surface area contributed by atoms with Gasteiger partial charge in [0, 0.05) is 19.5 Å². The average Bonchev–Trinajstić information content (AvgIpc) is 2.97. The molecule has 2 aliphatic heterocycles. The van der Waals surface area contributed by atoms with Gasteiger partial charge in [-0.15, -0.1) is 0 Å². The summed E-state index contributed by atoms with van der Waals surface area (Å²) < 4.78 is 5.73. The number of ether oxygens (including phenoxy) is 1. The lowest BCUT2D eigenvalue weighted by Crippen LogP contribution is -2.39. The zero-order chi connectivity index (χ0) is 18.7. The molecule has 0 saturated carbocycles. The molecule has 1 spiro atoms. The normalized spacial score (nSPS) is 21.6. The lowest BCUT2D eigenvalue weighted by Gasteiger charge is -2.29. The third kappa shape index (κ3) is 4.07. The minimum absolute atomic E-state index is 0.0178. The quantitative estimate of drug-likeness (QED) is 0.825. The maximum absolute atomic E-state index is 12.4. The molecule has 2 aliphatic rings. The van der Waals surface area contributed by atoms with E-state index in [1.54, 1.807) is 0 Å². The molecule has 4 nitrogen and oxygen atoms in total. The minimum Gasteiger partial charge on any atom is -0.461 e. The van der Waals surface area contributed by atoms with E-state index in [1.807, 2.05) is 6.07 Å². The zero-order valence-electron chi connectivity index (χ0n) is 16.0. The van der Waals surface area contributed by atoms with E-state index in [1.165, 1.54) is 16.7 Å². The molecular weight excluding hydrogens is 336 g/mol. The van der Waals surface area contributed by atoms with Crippen LogP contribution in [0, 0.1) is 5.41 Å². The molecule has 2 aromatic rings. The van der Waals surface area contributed by atoms with Crippen LogP contribution >= 0.6 is 0 Å². The molecular formula is C23H28N2O2. The third-order valence-electron chi connectivity index (χ3n) is 5.91. The van der Waals surface area contributed by atoms with Gasteiger partial charge in [0.1, 0.15) is 6.10 Å². The van der Waals surface area contributed by atoms with Crippen molar-refractivity contribution in [3.8, 4) is 11.1 Å². The Morgan fingerprint density at radius 1 is 1.04 bits per heavy atom. The van der Waals surface area contributed by atoms with Gasteiger partial charge in [0.2, 0.25) is 0 Å². The number of carbonyl (C=O) groups is 1. The number of nitrogens with zero attached hydrogens (tertiary/aromatic N) is 1. The first-order valence-corrected chi connectivity index (χ1v) is 9.89. The van der Waals surface area contributed by atoms with Gasteiger partial charge in [-0.1, -0.05) is 54.6 Å². The highest BCUT2D eigenvalue weighted by molar-refractivity contribution is 5.79. The molecule has 1 N–H and O–H groups in total. The minimum atomic E-state index is -0.228. The van der Waals surface area contributed by atoms with Crippen LogP contribution in [-0.2, 0) is 16.1 Å². The van der Waals surface area contributed by atoms with Crippen LogP contribution < -0.4 is 5.32 Å². The van der Waals surface area contributed by atoms with Crippen molar-refractivity contribution >= 4 is 5.97 Å². The fourth-order valence-electron chi connectivity index (χ4n) is 4.41. The summed E-state index contributed by atoms with van der Waals surface area (Å²) in [6.07, 6.45) is 2.70. The molecule has 0 radical (unpaired) electrons. The highest BCUT2D eigenvalue weighted by atomic mass is 16.6. The Kier molecular flexibility index (Phi) is 5.28. The van der Waals surface area contributed by atoms with Crippen molar-refractivity contribution in [3.05, 3.63) is 60.2 Å². The molecule has 2 heterocycles. The first-order chi connectivity index (χ1) is 13.1. The van der Waals surface area contributed by atoms with E-state index in [4.69, 9.17) is 4.74 Å². The summed E-state index contributed by atoms with van der Waals surface area (Å²) in [5, 5.41) is 3.34. The van der Waals surface area contributed by atoms with Crippen molar-refractivity contribution in [3.63, 3.8) is 0 Å². The van der Waals surface area contributed by atoms with Crippen molar-refractivity contribution in [2.24, 2.45) is 5.41 Å². The van der Waals surface area contributed by atoms with E-state index in [2.05, 4.69) is 65.8 Å². The van der Waals surface area contributed by atoms with Crippen molar-refractivity contribution in [1.29, 1.82) is 0 Å². The number of benzene rings is 2. The Morgan fingerprint density at radius 2 is 1.70 bits per heavy atom. The van der Waals surface area contributed by atoms with E-state index in [0.29, 0.717) is 0 Å². The van der Waals surface area contributed by atoms with Crippen LogP contribution in [-0.4, -0.2) is 43.7 Å². The molecule has 2 fully saturated rings. The lowest BCUT2D eigenvalue weighted by molar-refractivity contribution is -0.150. The van der Waals surface area contributed by atoms with Gasteiger partial charge in [-0.25, -0.2) is 0 Å². The summed E-state index contributed by atoms with van der Waals surface area (Å²) in [4.78, 5) is 14.7. The van der Waals surface area contributed by atoms with Crippen molar-refractivity contribution in [1.82, 2.24) is 10.2 Å². The van der Waals surface area contributed by atoms with Gasteiger partial charge in [0.25, 0.3) is 0 Å². The molecule has 0 aromatic heterocycles. The Hall–Kier alpha value is -2.17. The van der Waals surface area contributed by atoms with Gasteiger partial charge in [-0.3, -0.25) is 9.69 Å². The number of hydrogen-bond acceptors (Lipinski definition) is 4. The van der Waals surface area contributed by atoms with Crippen LogP contribution in [0.15, 0.2) is 54.6 Å². The van der Waals surface area contributed by atoms with Gasteiger partial charge in [-0.05, 0) is 49.7 Å². The molecule has 2 aromatic carbocycles. The van der Waals surface area contributed by atoms with Crippen LogP contribution in [0.1, 0.15) is 24.8 Å². The fraction of sp³-hybridized carbons (Fsp3) is 0.435. The SMILES string of the molecule is CN(Cc1ccc(-c2ccccc2)cc1)CC1CC2(CCNCC2)C(=O)O1. The second-order valence-electron chi connectivity index (χ2n) is 8.02. The molecule has 2 saturated heterocycles. The Bertz CT molecular complexity index is 767. The fourth-order valence-corrected chi connectivity index (χ4v) is 4.41. The van der Waals surface area contributed by atoms with Gasteiger partial charge in [-0.2, -0.15) is 0 Å². The Balaban J connectivity index is 1.33. The van der Waals surface area contributed by atoms with Crippen LogP contribution in [0.3, 0.4) is 0 Å². The summed E-state index contributed by atoms with van der Waals surface area (Å²) in [5.74, 6) is 0.0228. The van der Waals surface area contributed by atoms with Crippen LogP contribution in [0.25, 0.3) is 11.1 Å². The van der Waals surface area contributed by atoms with Crippen molar-refractivity contribution < 1.29 is 9.53 Å². The predicted molar refractivity (Wildman–Crippen MR) is 107 cm³/mol. The summed E-state index contributed by atoms with van der Waals surface area (Å²) in [6.45, 7) is 3.50. The topological polar surface area (TPSA) is 41.6 Å². The van der Waals surface area contributed by atoms with Crippen LogP contribution in [0.4, 0.5) is 0 Å². The molecule has 142 valence electrons. The molecule has 4 heteroatoms. The largest absolute Gasteiger partial charge is 0.461 e. The summed E-state index contributed by atoms with van der Waals surface area (Å²) in [7, 11) is 2.10. The number of piperidine rings is 1. The lowest BCUT2D eigenvalue weighted by atomic mass is 9.76. The monoisotopic (exact) mass is 364 g/mol. The van der Waals surface area contributed by atoms with Crippen molar-refractivity contribution in [2.75, 3.05) is 26.7 Å². The highest BCUT2D eigenvalue weighted by Crippen LogP contribution is 2.41. The number of rotatable bonds is 5. The number of esters is 1. The molecule has 0 aliphatic carbocycles. The van der Waals surface area contributed by atoms with E-state index >= 15 is 0 Å². The number of cyclic esters (lactones) is 1. The summed E-state index contributed by atoms with van der Waals surface area (Å²) in [6, 6.07) is 19.2. The average molecular weight is 364 g/mol. The smallest absolute Gasteiger partial charge is 0.312 e. The Labute approximate surface area is 161 Å². The predicted octanol–water partition coefficient (Wildman–Crippen LogP) is 3.47. The Morgan fingerprint density at radius 3 is 2.41 bits per heavy atom. The van der Waals surface area contributed by atoms with Crippen LogP contribution in [0.5, 0.6) is 0 Å². The molecule has 0 amide bonds. The van der Waals surface area contributed by atoms with Gasteiger partial charge < -0.3 is 10.1 Å². The van der Waals surface area contributed by atoms with Gasteiger partial charge in [0.05, 0.1) is 5.41 Å². The standard InChI is InChI=1S/C23H28N2O2/c1-25(17-21-15-23(22(26)27-21)11-13-24-14-12-23)16-18-7-9-20(10-8-18)19-5-3-2-4-6-19/h2-10,21,24H,11-17H2,1H3. The number of hydrogen-bond donors (Lipinski definition) is 1.